The minimum absolute atomic E-state index is 0.446. The molecule has 1 aromatic carbocycles. The van der Waals surface area contributed by atoms with Crippen molar-refractivity contribution >= 4 is 34.2 Å². The van der Waals surface area contributed by atoms with E-state index >= 15 is 0 Å². The maximum absolute atomic E-state index is 11.4. The summed E-state index contributed by atoms with van der Waals surface area (Å²) >= 11 is 1.62. The van der Waals surface area contributed by atoms with Crippen molar-refractivity contribution in [3.05, 3.63) is 53.0 Å². The van der Waals surface area contributed by atoms with Gasteiger partial charge in [-0.25, -0.2) is 15.0 Å². The maximum Gasteiger partial charge on any atom is 0.248 e. The van der Waals surface area contributed by atoms with Crippen LogP contribution in [0.25, 0.3) is 28.2 Å². The average molecular weight is 450 g/mol. The van der Waals surface area contributed by atoms with Gasteiger partial charge in [-0.15, -0.1) is 0 Å². The van der Waals surface area contributed by atoms with Crippen LogP contribution in [0.4, 0.5) is 5.82 Å². The predicted octanol–water partition coefficient (Wildman–Crippen LogP) is 2.39. The molecule has 1 aliphatic heterocycles. The minimum atomic E-state index is -0.464. The number of amides is 1. The molecule has 0 aliphatic carbocycles. The molecule has 0 atom stereocenters. The number of hydrogen-bond acceptors (Lipinski definition) is 8. The lowest BCUT2D eigenvalue weighted by molar-refractivity contribution is 0.0398. The van der Waals surface area contributed by atoms with Crippen LogP contribution in [0.15, 0.2) is 47.4 Å². The van der Waals surface area contributed by atoms with Gasteiger partial charge < -0.3 is 15.8 Å². The number of nitrogens with one attached hydrogen (secondary N) is 1. The zero-order valence-corrected chi connectivity index (χ0v) is 18.2. The van der Waals surface area contributed by atoms with Crippen molar-refractivity contribution in [2.45, 2.75) is 0 Å². The van der Waals surface area contributed by atoms with Crippen molar-refractivity contribution < 1.29 is 9.53 Å². The van der Waals surface area contributed by atoms with Gasteiger partial charge in [-0.3, -0.25) is 14.3 Å². The summed E-state index contributed by atoms with van der Waals surface area (Å²) in [6.07, 6.45) is 1.77. The van der Waals surface area contributed by atoms with Crippen LogP contribution in [0.3, 0.4) is 0 Å². The first kappa shape index (κ1) is 20.6. The number of hydrogen-bond donors (Lipinski definition) is 2. The zero-order valence-electron chi connectivity index (χ0n) is 17.4. The summed E-state index contributed by atoms with van der Waals surface area (Å²) in [5.74, 6) is 0.777. The highest BCUT2D eigenvalue weighted by molar-refractivity contribution is 7.08. The standard InChI is InChI=1S/C22H23N7O2S/c23-19(30)15-1-3-16(4-2-15)20-26-21(24-6-7-28-8-10-31-11-9-28)18-22(27-20)29(14-25-18)17-5-12-32-13-17/h1-5,12-14H,6-11H2,(H2,23,30)(H,24,26,27). The predicted molar refractivity (Wildman–Crippen MR) is 124 cm³/mol. The molecule has 1 saturated heterocycles. The Bertz CT molecular complexity index is 1220. The lowest BCUT2D eigenvalue weighted by Gasteiger charge is -2.26. The van der Waals surface area contributed by atoms with Gasteiger partial charge in [0.2, 0.25) is 5.91 Å². The number of imidazole rings is 1. The summed E-state index contributed by atoms with van der Waals surface area (Å²) in [7, 11) is 0. The Hall–Kier alpha value is -3.34. The smallest absolute Gasteiger partial charge is 0.248 e. The molecular weight excluding hydrogens is 426 g/mol. The van der Waals surface area contributed by atoms with E-state index in [1.165, 1.54) is 0 Å². The van der Waals surface area contributed by atoms with Crippen molar-refractivity contribution in [2.24, 2.45) is 5.73 Å². The minimum Gasteiger partial charge on any atom is -0.379 e. The molecule has 0 unspecified atom stereocenters. The van der Waals surface area contributed by atoms with E-state index in [4.69, 9.17) is 20.4 Å². The molecule has 32 heavy (non-hydrogen) atoms. The molecule has 4 aromatic rings. The molecule has 10 heteroatoms. The van der Waals surface area contributed by atoms with E-state index in [9.17, 15) is 4.79 Å². The van der Waals surface area contributed by atoms with Crippen LogP contribution < -0.4 is 11.1 Å². The molecule has 0 bridgehead atoms. The third-order valence-electron chi connectivity index (χ3n) is 5.43. The second-order valence-electron chi connectivity index (χ2n) is 7.49. The van der Waals surface area contributed by atoms with Crippen LogP contribution in [0.5, 0.6) is 0 Å². The summed E-state index contributed by atoms with van der Waals surface area (Å²) in [4.78, 5) is 28.0. The van der Waals surface area contributed by atoms with Crippen molar-refractivity contribution in [3.8, 4) is 17.1 Å². The van der Waals surface area contributed by atoms with Crippen LogP contribution >= 0.6 is 11.3 Å². The van der Waals surface area contributed by atoms with Gasteiger partial charge in [0, 0.05) is 42.7 Å². The van der Waals surface area contributed by atoms with E-state index in [1.54, 1.807) is 29.8 Å². The average Bonchev–Trinajstić information content (AvgIpc) is 3.49. The van der Waals surface area contributed by atoms with E-state index in [2.05, 4.69) is 20.6 Å². The lowest BCUT2D eigenvalue weighted by Crippen LogP contribution is -2.39. The fourth-order valence-corrected chi connectivity index (χ4v) is 4.30. The van der Waals surface area contributed by atoms with Crippen LogP contribution in [0.2, 0.25) is 0 Å². The summed E-state index contributed by atoms with van der Waals surface area (Å²) < 4.78 is 7.38. The normalized spacial score (nSPS) is 14.6. The Morgan fingerprint density at radius 2 is 1.97 bits per heavy atom. The van der Waals surface area contributed by atoms with Crippen LogP contribution in [-0.4, -0.2) is 69.7 Å². The van der Waals surface area contributed by atoms with Gasteiger partial charge >= 0.3 is 0 Å². The number of rotatable bonds is 7. The number of aromatic nitrogens is 4. The Morgan fingerprint density at radius 1 is 1.16 bits per heavy atom. The Morgan fingerprint density at radius 3 is 2.69 bits per heavy atom. The molecule has 1 aliphatic rings. The van der Waals surface area contributed by atoms with Gasteiger partial charge in [0.25, 0.3) is 0 Å². The van der Waals surface area contributed by atoms with Crippen molar-refractivity contribution in [2.75, 3.05) is 44.7 Å². The Labute approximate surface area is 188 Å². The number of thiophene rings is 1. The fourth-order valence-electron chi connectivity index (χ4n) is 3.68. The fraction of sp³-hybridized carbons (Fsp3) is 0.273. The number of fused-ring (bicyclic) bond motifs is 1. The quantitative estimate of drug-likeness (QED) is 0.446. The van der Waals surface area contributed by atoms with E-state index < -0.39 is 5.91 Å². The molecule has 3 aromatic heterocycles. The lowest BCUT2D eigenvalue weighted by atomic mass is 10.1. The van der Waals surface area contributed by atoms with Gasteiger partial charge in [-0.2, -0.15) is 11.3 Å². The number of nitrogens with two attached hydrogens (primary N) is 1. The summed E-state index contributed by atoms with van der Waals surface area (Å²) in [6, 6.07) is 9.02. The number of carbonyl (C=O) groups is 1. The number of morpholine rings is 1. The van der Waals surface area contributed by atoms with Crippen molar-refractivity contribution in [3.63, 3.8) is 0 Å². The van der Waals surface area contributed by atoms with Gasteiger partial charge in [-0.1, -0.05) is 12.1 Å². The number of primary amides is 1. The maximum atomic E-state index is 11.4. The molecule has 1 fully saturated rings. The number of ether oxygens (including phenoxy) is 1. The largest absolute Gasteiger partial charge is 0.379 e. The number of benzene rings is 1. The monoisotopic (exact) mass is 449 g/mol. The molecular formula is C22H23N7O2S. The van der Waals surface area contributed by atoms with Crippen molar-refractivity contribution in [1.82, 2.24) is 24.4 Å². The van der Waals surface area contributed by atoms with Gasteiger partial charge in [0.15, 0.2) is 22.8 Å². The first-order valence-electron chi connectivity index (χ1n) is 10.4. The van der Waals surface area contributed by atoms with Gasteiger partial charge in [0.05, 0.1) is 18.9 Å². The third-order valence-corrected chi connectivity index (χ3v) is 6.10. The molecule has 9 nitrogen and oxygen atoms in total. The Kier molecular flexibility index (Phi) is 5.80. The highest BCUT2D eigenvalue weighted by atomic mass is 32.1. The summed E-state index contributed by atoms with van der Waals surface area (Å²) in [6.45, 7) is 5.04. The first-order chi connectivity index (χ1) is 15.7. The zero-order chi connectivity index (χ0) is 21.9. The van der Waals surface area contributed by atoms with E-state index in [0.717, 1.165) is 61.8 Å². The second kappa shape index (κ2) is 9.03. The van der Waals surface area contributed by atoms with Gasteiger partial charge in [-0.05, 0) is 23.6 Å². The second-order valence-corrected chi connectivity index (χ2v) is 8.27. The molecule has 0 saturated carbocycles. The molecule has 164 valence electrons. The van der Waals surface area contributed by atoms with Crippen LogP contribution in [0.1, 0.15) is 10.4 Å². The molecule has 1 amide bonds. The Balaban J connectivity index is 1.49. The molecule has 4 heterocycles. The van der Waals surface area contributed by atoms with Crippen LogP contribution in [0, 0.1) is 0 Å². The third kappa shape index (κ3) is 4.20. The molecule has 5 rings (SSSR count). The number of nitrogens with zero attached hydrogens (tertiary/aromatic N) is 5. The van der Waals surface area contributed by atoms with Gasteiger partial charge in [0.1, 0.15) is 6.33 Å². The molecule has 0 spiro atoms. The van der Waals surface area contributed by atoms with Crippen molar-refractivity contribution in [1.29, 1.82) is 0 Å². The highest BCUT2D eigenvalue weighted by Gasteiger charge is 2.17. The molecule has 3 N–H and O–H groups in total. The first-order valence-corrected chi connectivity index (χ1v) is 11.4. The van der Waals surface area contributed by atoms with E-state index in [-0.39, 0.29) is 0 Å². The molecule has 0 radical (unpaired) electrons. The topological polar surface area (TPSA) is 111 Å². The highest BCUT2D eigenvalue weighted by Crippen LogP contribution is 2.27. The van der Waals surface area contributed by atoms with Crippen LogP contribution in [-0.2, 0) is 4.74 Å². The summed E-state index contributed by atoms with van der Waals surface area (Å²) in [5, 5.41) is 7.53. The summed E-state index contributed by atoms with van der Waals surface area (Å²) in [5.41, 5.74) is 9.07. The van der Waals surface area contributed by atoms with E-state index in [1.807, 2.05) is 28.1 Å². The SMILES string of the molecule is NC(=O)c1ccc(-c2nc(NCCN3CCOCC3)c3ncn(-c4ccsc4)c3n2)cc1. The number of carbonyl (C=O) groups excluding carboxylic acids is 1. The van der Waals surface area contributed by atoms with E-state index in [0.29, 0.717) is 17.2 Å². The number of anilines is 1.